The van der Waals surface area contributed by atoms with Crippen LogP contribution >= 0.6 is 11.3 Å². The first-order valence-electron chi connectivity index (χ1n) is 15.8. The number of aromatic nitrogens is 3. The number of pyridine rings is 2. The fraction of sp³-hybridized carbons (Fsp3) is 0.0238. The molecule has 1 aliphatic heterocycles. The third-order valence-corrected chi connectivity index (χ3v) is 10.4. The third-order valence-electron chi connectivity index (χ3n) is 9.26. The fourth-order valence-corrected chi connectivity index (χ4v) is 8.56. The van der Waals surface area contributed by atoms with Crippen LogP contribution in [0.4, 0.5) is 0 Å². The van der Waals surface area contributed by atoms with Gasteiger partial charge in [0.25, 0.3) is 0 Å². The normalized spacial score (nSPS) is 13.4. The molecule has 0 radical (unpaired) electrons. The van der Waals surface area contributed by atoms with E-state index in [1.165, 1.54) is 58.0 Å². The van der Waals surface area contributed by atoms with Crippen molar-refractivity contribution in [3.8, 4) is 17.1 Å². The van der Waals surface area contributed by atoms with Gasteiger partial charge >= 0.3 is 0 Å². The van der Waals surface area contributed by atoms with Gasteiger partial charge in [-0.1, -0.05) is 97.1 Å². The topological polar surface area (TPSA) is 43.1 Å². The molecule has 0 saturated carbocycles. The Morgan fingerprint density at radius 3 is 2.26 bits per heavy atom. The SMILES string of the molecule is C1=CCN=C(c2cc(-n3c4ccccc4c4c5ccccc5c5c(sc6ccc7ccccc7c65)c43)cc(-c3ccccn3)n2)C=C1. The zero-order valence-electron chi connectivity index (χ0n) is 25.3. The highest BCUT2D eigenvalue weighted by atomic mass is 32.1. The molecule has 0 atom stereocenters. The van der Waals surface area contributed by atoms with Crippen LogP contribution in [0.3, 0.4) is 0 Å². The Morgan fingerprint density at radius 2 is 1.38 bits per heavy atom. The molecule has 4 nitrogen and oxygen atoms in total. The molecular weight excluding hydrogens is 593 g/mol. The molecular formula is C42H26N4S. The average Bonchev–Trinajstić information content (AvgIpc) is 3.57. The maximum absolute atomic E-state index is 5.14. The largest absolute Gasteiger partial charge is 0.308 e. The van der Waals surface area contributed by atoms with Crippen molar-refractivity contribution in [1.82, 2.24) is 14.5 Å². The third kappa shape index (κ3) is 3.97. The zero-order chi connectivity index (χ0) is 30.9. The van der Waals surface area contributed by atoms with Gasteiger partial charge in [-0.25, -0.2) is 4.98 Å². The Morgan fingerprint density at radius 1 is 0.617 bits per heavy atom. The van der Waals surface area contributed by atoms with Gasteiger partial charge in [-0.15, -0.1) is 11.3 Å². The second-order valence-corrected chi connectivity index (χ2v) is 13.0. The average molecular weight is 619 g/mol. The summed E-state index contributed by atoms with van der Waals surface area (Å²) < 4.78 is 5.03. The van der Waals surface area contributed by atoms with Crippen LogP contribution in [0.15, 0.2) is 151 Å². The Labute approximate surface area is 274 Å². The monoisotopic (exact) mass is 618 g/mol. The number of benzene rings is 5. The molecule has 4 aromatic heterocycles. The number of allylic oxidation sites excluding steroid dienone is 3. The van der Waals surface area contributed by atoms with Crippen molar-refractivity contribution >= 4 is 80.6 Å². The lowest BCUT2D eigenvalue weighted by Crippen LogP contribution is -2.06. The maximum atomic E-state index is 5.14. The summed E-state index contributed by atoms with van der Waals surface area (Å²) in [5.41, 5.74) is 6.75. The lowest BCUT2D eigenvalue weighted by molar-refractivity contribution is 1.14. The molecule has 5 heterocycles. The summed E-state index contributed by atoms with van der Waals surface area (Å²) in [7, 11) is 0. The Bertz CT molecular complexity index is 2820. The van der Waals surface area contributed by atoms with Gasteiger partial charge in [0, 0.05) is 32.4 Å². The van der Waals surface area contributed by atoms with Gasteiger partial charge in [0.1, 0.15) is 0 Å². The number of aliphatic imine (C=N–C) groups is 1. The van der Waals surface area contributed by atoms with Crippen LogP contribution in [-0.2, 0) is 0 Å². The molecule has 0 bridgehead atoms. The highest BCUT2D eigenvalue weighted by molar-refractivity contribution is 7.27. The van der Waals surface area contributed by atoms with Crippen molar-refractivity contribution in [2.45, 2.75) is 0 Å². The molecule has 5 heteroatoms. The number of nitrogens with zero attached hydrogens (tertiary/aromatic N) is 4. The first kappa shape index (κ1) is 26.3. The van der Waals surface area contributed by atoms with Crippen LogP contribution < -0.4 is 0 Å². The van der Waals surface area contributed by atoms with E-state index in [0.29, 0.717) is 6.54 Å². The van der Waals surface area contributed by atoms with Crippen LogP contribution in [-0.4, -0.2) is 26.8 Å². The van der Waals surface area contributed by atoms with E-state index < -0.39 is 0 Å². The minimum absolute atomic E-state index is 0.616. The number of thiophene rings is 1. The van der Waals surface area contributed by atoms with E-state index in [4.69, 9.17) is 15.0 Å². The number of rotatable bonds is 3. The lowest BCUT2D eigenvalue weighted by Gasteiger charge is -2.14. The van der Waals surface area contributed by atoms with Crippen LogP contribution in [0.1, 0.15) is 5.69 Å². The molecule has 10 rings (SSSR count). The van der Waals surface area contributed by atoms with E-state index >= 15 is 0 Å². The zero-order valence-corrected chi connectivity index (χ0v) is 26.1. The van der Waals surface area contributed by atoms with Crippen molar-refractivity contribution in [2.75, 3.05) is 6.54 Å². The molecule has 0 unspecified atom stereocenters. The molecule has 0 fully saturated rings. The first-order chi connectivity index (χ1) is 23.3. The second kappa shape index (κ2) is 10.3. The van der Waals surface area contributed by atoms with Gasteiger partial charge in [0.05, 0.1) is 50.8 Å². The summed E-state index contributed by atoms with van der Waals surface area (Å²) in [4.78, 5) is 14.7. The Kier molecular flexibility index (Phi) is 5.77. The van der Waals surface area contributed by atoms with Gasteiger partial charge in [-0.05, 0) is 64.0 Å². The quantitative estimate of drug-likeness (QED) is 0.198. The lowest BCUT2D eigenvalue weighted by atomic mass is 9.96. The van der Waals surface area contributed by atoms with Gasteiger partial charge in [0.2, 0.25) is 0 Å². The van der Waals surface area contributed by atoms with Gasteiger partial charge in [0.15, 0.2) is 0 Å². The molecule has 0 amide bonds. The van der Waals surface area contributed by atoms with Crippen LogP contribution in [0.2, 0.25) is 0 Å². The fourth-order valence-electron chi connectivity index (χ4n) is 7.29. The van der Waals surface area contributed by atoms with Gasteiger partial charge in [-0.2, -0.15) is 0 Å². The molecule has 0 aliphatic carbocycles. The van der Waals surface area contributed by atoms with E-state index in [9.17, 15) is 0 Å². The van der Waals surface area contributed by atoms with Crippen molar-refractivity contribution in [1.29, 1.82) is 0 Å². The minimum atomic E-state index is 0.616. The van der Waals surface area contributed by atoms with Crippen molar-refractivity contribution < 1.29 is 0 Å². The molecule has 220 valence electrons. The molecule has 5 aromatic carbocycles. The van der Waals surface area contributed by atoms with Crippen molar-refractivity contribution in [2.24, 2.45) is 4.99 Å². The molecule has 47 heavy (non-hydrogen) atoms. The Hall–Kier alpha value is -5.91. The number of hydrogen-bond acceptors (Lipinski definition) is 4. The highest BCUT2D eigenvalue weighted by Gasteiger charge is 2.23. The summed E-state index contributed by atoms with van der Waals surface area (Å²) in [5, 5.41) is 10.2. The van der Waals surface area contributed by atoms with E-state index in [0.717, 1.165) is 34.0 Å². The number of fused-ring (bicyclic) bond motifs is 12. The van der Waals surface area contributed by atoms with Crippen LogP contribution in [0.25, 0.3) is 80.6 Å². The predicted octanol–water partition coefficient (Wildman–Crippen LogP) is 10.8. The van der Waals surface area contributed by atoms with E-state index in [1.54, 1.807) is 0 Å². The van der Waals surface area contributed by atoms with Gasteiger partial charge < -0.3 is 4.57 Å². The van der Waals surface area contributed by atoms with E-state index in [1.807, 2.05) is 54.0 Å². The molecule has 1 aliphatic rings. The molecule has 0 spiro atoms. The number of para-hydroxylation sites is 1. The first-order valence-corrected chi connectivity index (χ1v) is 16.6. The summed E-state index contributed by atoms with van der Waals surface area (Å²) in [5.74, 6) is 0. The molecule has 9 aromatic rings. The molecule has 0 saturated heterocycles. The number of hydrogen-bond donors (Lipinski definition) is 0. The maximum Gasteiger partial charge on any atom is 0.0915 e. The van der Waals surface area contributed by atoms with Crippen LogP contribution in [0.5, 0.6) is 0 Å². The predicted molar refractivity (Wildman–Crippen MR) is 199 cm³/mol. The van der Waals surface area contributed by atoms with Crippen molar-refractivity contribution in [3.63, 3.8) is 0 Å². The summed E-state index contributed by atoms with van der Waals surface area (Å²) in [6, 6.07) is 41.4. The standard InChI is InChI=1S/C42H26N4S/c1-2-17-32(43-22-10-1)34-24-27(25-35(45-34)33-18-9-11-23-44-33)46-36-19-8-7-16-31(36)38-29-14-5-6-15-30(29)40-39-28-13-4-3-12-26(28)20-21-37(39)47-42(40)41(38)46/h1-21,23-25H,22H2. The second-order valence-electron chi connectivity index (χ2n) is 11.9. The summed E-state index contributed by atoms with van der Waals surface area (Å²) in [6.45, 7) is 0.616. The molecule has 0 N–H and O–H groups in total. The summed E-state index contributed by atoms with van der Waals surface area (Å²) >= 11 is 1.89. The van der Waals surface area contributed by atoms with E-state index in [-0.39, 0.29) is 0 Å². The van der Waals surface area contributed by atoms with Crippen LogP contribution in [0, 0.1) is 0 Å². The van der Waals surface area contributed by atoms with Gasteiger partial charge in [-0.3, -0.25) is 9.98 Å². The summed E-state index contributed by atoms with van der Waals surface area (Å²) in [6.07, 6.45) is 10.0. The van der Waals surface area contributed by atoms with E-state index in [2.05, 4.69) is 108 Å². The van der Waals surface area contributed by atoms with Crippen molar-refractivity contribution in [3.05, 3.63) is 151 Å². The smallest absolute Gasteiger partial charge is 0.0915 e. The highest BCUT2D eigenvalue weighted by Crippen LogP contribution is 2.49. The Balaban J connectivity index is 1.41. The minimum Gasteiger partial charge on any atom is -0.308 e.